The van der Waals surface area contributed by atoms with Gasteiger partial charge in [0.05, 0.1) is 0 Å². The summed E-state index contributed by atoms with van der Waals surface area (Å²) in [5.41, 5.74) is 4.72. The molecule has 0 radical (unpaired) electrons. The topological polar surface area (TPSA) is 86.7 Å². The Morgan fingerprint density at radius 1 is 1.75 bits per heavy atom. The van der Waals surface area contributed by atoms with Crippen molar-refractivity contribution in [2.75, 3.05) is 0 Å². The summed E-state index contributed by atoms with van der Waals surface area (Å²) in [5, 5.41) is 9.78. The van der Waals surface area contributed by atoms with Gasteiger partial charge < -0.3 is 5.73 Å². The highest BCUT2D eigenvalue weighted by molar-refractivity contribution is 5.71. The normalized spacial score (nSPS) is 9.00. The second-order valence-electron chi connectivity index (χ2n) is 1.06. The number of nitrogens with zero attached hydrogens (tertiary/aromatic N) is 4. The van der Waals surface area contributed by atoms with Crippen LogP contribution in [0.25, 0.3) is 0 Å². The fraction of sp³-hybridized carbons (Fsp3) is 0. The van der Waals surface area contributed by atoms with Crippen LogP contribution in [0.2, 0.25) is 0 Å². The van der Waals surface area contributed by atoms with E-state index < -0.39 is 6.03 Å². The van der Waals surface area contributed by atoms with Gasteiger partial charge >= 0.3 is 6.03 Å². The lowest BCUT2D eigenvalue weighted by Crippen LogP contribution is -2.22. The van der Waals surface area contributed by atoms with Gasteiger partial charge in [-0.2, -0.15) is 0 Å². The van der Waals surface area contributed by atoms with Gasteiger partial charge in [0, 0.05) is 0 Å². The largest absolute Gasteiger partial charge is 0.358 e. The Bertz CT molecular complexity index is 178. The maximum Gasteiger partial charge on any atom is 0.358 e. The Morgan fingerprint density at radius 2 is 2.50 bits per heavy atom. The number of primary amides is 1. The number of rotatable bonds is 0. The predicted molar refractivity (Wildman–Crippen MR) is 22.8 cm³/mol. The molecule has 0 aliphatic rings. The first-order valence-corrected chi connectivity index (χ1v) is 1.83. The van der Waals surface area contributed by atoms with Crippen molar-refractivity contribution >= 4 is 6.03 Å². The van der Waals surface area contributed by atoms with E-state index in [9.17, 15) is 4.79 Å². The Labute approximate surface area is 44.3 Å². The van der Waals surface area contributed by atoms with E-state index in [1.807, 2.05) is 0 Å². The fourth-order valence-corrected chi connectivity index (χ4v) is 0.268. The van der Waals surface area contributed by atoms with E-state index in [2.05, 4.69) is 15.4 Å². The zero-order valence-corrected chi connectivity index (χ0v) is 3.85. The average Bonchev–Trinajstić information content (AvgIpc) is 2.12. The summed E-state index contributed by atoms with van der Waals surface area (Å²) in [6.45, 7) is 0. The van der Waals surface area contributed by atoms with Crippen LogP contribution in [-0.2, 0) is 0 Å². The van der Waals surface area contributed by atoms with Crippen LogP contribution in [0.4, 0.5) is 4.79 Å². The molecule has 6 heteroatoms. The summed E-state index contributed by atoms with van der Waals surface area (Å²) in [7, 11) is 0. The highest BCUT2D eigenvalue weighted by atomic mass is 16.2. The molecule has 0 aliphatic heterocycles. The molecular formula is C2H3N5O. The van der Waals surface area contributed by atoms with Gasteiger partial charge in [0.2, 0.25) is 0 Å². The van der Waals surface area contributed by atoms with E-state index >= 15 is 0 Å². The van der Waals surface area contributed by atoms with E-state index in [1.54, 1.807) is 0 Å². The van der Waals surface area contributed by atoms with Gasteiger partial charge in [-0.05, 0) is 5.21 Å². The van der Waals surface area contributed by atoms with Gasteiger partial charge in [-0.15, -0.1) is 10.2 Å². The SMILES string of the molecule is NC(=O)n1ncnn1. The van der Waals surface area contributed by atoms with Crippen LogP contribution in [0.1, 0.15) is 0 Å². The van der Waals surface area contributed by atoms with Crippen molar-refractivity contribution in [3.63, 3.8) is 0 Å². The van der Waals surface area contributed by atoms with Gasteiger partial charge in [-0.1, -0.05) is 4.80 Å². The average molecular weight is 113 g/mol. The summed E-state index contributed by atoms with van der Waals surface area (Å²) in [6, 6.07) is -0.734. The number of carbonyl (C=O) groups excluding carboxylic acids is 1. The zero-order valence-electron chi connectivity index (χ0n) is 3.85. The third-order valence-electron chi connectivity index (χ3n) is 0.546. The maximum atomic E-state index is 10.1. The van der Waals surface area contributed by atoms with Crippen molar-refractivity contribution in [3.8, 4) is 0 Å². The third-order valence-corrected chi connectivity index (χ3v) is 0.546. The van der Waals surface area contributed by atoms with Crippen molar-refractivity contribution in [1.29, 1.82) is 0 Å². The number of carbonyl (C=O) groups is 1. The van der Waals surface area contributed by atoms with Crippen molar-refractivity contribution in [2.24, 2.45) is 5.73 Å². The van der Waals surface area contributed by atoms with Crippen LogP contribution >= 0.6 is 0 Å². The second-order valence-corrected chi connectivity index (χ2v) is 1.06. The van der Waals surface area contributed by atoms with Crippen LogP contribution < -0.4 is 5.73 Å². The van der Waals surface area contributed by atoms with Crippen molar-refractivity contribution in [3.05, 3.63) is 6.33 Å². The van der Waals surface area contributed by atoms with Crippen molar-refractivity contribution in [1.82, 2.24) is 20.2 Å². The molecule has 6 nitrogen and oxygen atoms in total. The van der Waals surface area contributed by atoms with E-state index in [-0.39, 0.29) is 0 Å². The molecule has 2 N–H and O–H groups in total. The fourth-order valence-electron chi connectivity index (χ4n) is 0.268. The molecule has 1 aromatic rings. The molecule has 1 rings (SSSR count). The summed E-state index contributed by atoms with van der Waals surface area (Å²) >= 11 is 0. The molecule has 0 saturated carbocycles. The Balaban J connectivity index is 2.93. The lowest BCUT2D eigenvalue weighted by Gasteiger charge is -1.82. The van der Waals surface area contributed by atoms with Crippen molar-refractivity contribution in [2.45, 2.75) is 0 Å². The highest BCUT2D eigenvalue weighted by Crippen LogP contribution is 1.66. The van der Waals surface area contributed by atoms with Crippen LogP contribution in [0.15, 0.2) is 6.33 Å². The smallest absolute Gasteiger partial charge is 0.348 e. The van der Waals surface area contributed by atoms with Gasteiger partial charge in [-0.3, -0.25) is 0 Å². The monoisotopic (exact) mass is 113 g/mol. The van der Waals surface area contributed by atoms with Crippen LogP contribution in [0.3, 0.4) is 0 Å². The molecule has 1 amide bonds. The number of tetrazole rings is 1. The minimum absolute atomic E-state index is 0.694. The lowest BCUT2D eigenvalue weighted by atomic mass is 11.1. The minimum atomic E-state index is -0.734. The number of amides is 1. The molecule has 42 valence electrons. The molecule has 0 spiro atoms. The first-order chi connectivity index (χ1) is 3.80. The van der Waals surface area contributed by atoms with Gasteiger partial charge in [0.15, 0.2) is 6.33 Å². The molecule has 0 unspecified atom stereocenters. The van der Waals surface area contributed by atoms with Crippen LogP contribution in [-0.4, -0.2) is 26.2 Å². The Hall–Kier alpha value is -1.46. The Kier molecular flexibility index (Phi) is 0.918. The van der Waals surface area contributed by atoms with Gasteiger partial charge in [-0.25, -0.2) is 4.79 Å². The predicted octanol–water partition coefficient (Wildman–Crippen LogP) is -1.40. The van der Waals surface area contributed by atoms with E-state index in [0.717, 1.165) is 6.33 Å². The molecule has 1 aromatic heterocycles. The first-order valence-electron chi connectivity index (χ1n) is 1.83. The summed E-state index contributed by atoms with van der Waals surface area (Å²) in [4.78, 5) is 10.8. The maximum absolute atomic E-state index is 10.1. The van der Waals surface area contributed by atoms with Crippen LogP contribution in [0, 0.1) is 0 Å². The standard InChI is InChI=1S/C2H3N5O/c3-2(8)7-5-1-4-6-7/h1H,(H2,3,8). The molecule has 0 atom stereocenters. The number of aromatic nitrogens is 4. The van der Waals surface area contributed by atoms with Crippen molar-refractivity contribution < 1.29 is 4.79 Å². The second kappa shape index (κ2) is 1.57. The first kappa shape index (κ1) is 4.69. The van der Waals surface area contributed by atoms with E-state index in [1.165, 1.54) is 0 Å². The minimum Gasteiger partial charge on any atom is -0.348 e. The molecule has 0 fully saturated rings. The van der Waals surface area contributed by atoms with E-state index in [0.29, 0.717) is 4.80 Å². The van der Waals surface area contributed by atoms with Gasteiger partial charge in [0.1, 0.15) is 0 Å². The molecule has 0 aliphatic carbocycles. The molecular weight excluding hydrogens is 110 g/mol. The summed E-state index contributed by atoms with van der Waals surface area (Å²) in [6.07, 6.45) is 1.13. The summed E-state index contributed by atoms with van der Waals surface area (Å²) < 4.78 is 0. The lowest BCUT2D eigenvalue weighted by molar-refractivity contribution is 0.244. The highest BCUT2D eigenvalue weighted by Gasteiger charge is 1.95. The third kappa shape index (κ3) is 0.625. The number of nitrogens with two attached hydrogens (primary N) is 1. The Morgan fingerprint density at radius 3 is 2.75 bits per heavy atom. The van der Waals surface area contributed by atoms with Gasteiger partial charge in [0.25, 0.3) is 0 Å². The zero-order chi connectivity index (χ0) is 5.98. The molecule has 0 saturated heterocycles. The number of hydrogen-bond donors (Lipinski definition) is 1. The molecule has 0 bridgehead atoms. The number of hydrogen-bond acceptors (Lipinski definition) is 4. The quantitative estimate of drug-likeness (QED) is 0.448. The van der Waals surface area contributed by atoms with E-state index in [4.69, 9.17) is 5.73 Å². The summed E-state index contributed by atoms with van der Waals surface area (Å²) in [5.74, 6) is 0. The molecule has 0 aromatic carbocycles. The molecule has 1 heterocycles. The molecule has 8 heavy (non-hydrogen) atoms. The van der Waals surface area contributed by atoms with Crippen LogP contribution in [0.5, 0.6) is 0 Å².